The van der Waals surface area contributed by atoms with E-state index in [0.717, 1.165) is 22.5 Å². The Balaban J connectivity index is 2.30. The number of aromatic amines is 1. The molecule has 0 fully saturated rings. The lowest BCUT2D eigenvalue weighted by Crippen LogP contribution is -1.99. The van der Waals surface area contributed by atoms with Gasteiger partial charge in [0, 0.05) is 17.3 Å². The van der Waals surface area contributed by atoms with Crippen molar-refractivity contribution in [2.75, 3.05) is 0 Å². The van der Waals surface area contributed by atoms with Crippen LogP contribution in [-0.4, -0.2) is 24.8 Å². The van der Waals surface area contributed by atoms with E-state index in [1.807, 2.05) is 16.9 Å². The van der Waals surface area contributed by atoms with Gasteiger partial charge in [0.2, 0.25) is 0 Å². The molecule has 0 aromatic carbocycles. The van der Waals surface area contributed by atoms with E-state index in [2.05, 4.69) is 48.0 Å². The molecule has 0 aliphatic rings. The molecule has 3 aromatic rings. The highest BCUT2D eigenvalue weighted by Crippen LogP contribution is 2.31. The summed E-state index contributed by atoms with van der Waals surface area (Å²) in [6.07, 6.45) is 5.51. The molecule has 0 aliphatic heterocycles. The van der Waals surface area contributed by atoms with Gasteiger partial charge in [-0.25, -0.2) is 9.50 Å². The first-order chi connectivity index (χ1) is 9.09. The summed E-state index contributed by atoms with van der Waals surface area (Å²) in [5.41, 5.74) is 6.71. The van der Waals surface area contributed by atoms with Gasteiger partial charge in [-0.15, -0.1) is 0 Å². The third-order valence-electron chi connectivity index (χ3n) is 3.69. The predicted octanol–water partition coefficient (Wildman–Crippen LogP) is 2.86. The molecule has 98 valence electrons. The highest BCUT2D eigenvalue weighted by Gasteiger charge is 2.16. The average Bonchev–Trinajstić information content (AvgIpc) is 3.01. The number of nitrogens with one attached hydrogen (secondary N) is 1. The molecule has 0 radical (unpaired) electrons. The van der Waals surface area contributed by atoms with Crippen LogP contribution in [0.15, 0.2) is 18.7 Å². The first kappa shape index (κ1) is 11.9. The minimum Gasteiger partial charge on any atom is -0.277 e. The molecule has 0 bridgehead atoms. The normalized spacial score (nSPS) is 11.6. The van der Waals surface area contributed by atoms with Gasteiger partial charge in [-0.3, -0.25) is 5.10 Å². The maximum atomic E-state index is 4.29. The van der Waals surface area contributed by atoms with Crippen molar-refractivity contribution in [1.82, 2.24) is 24.8 Å². The maximum Gasteiger partial charge on any atom is 0.158 e. The Kier molecular flexibility index (Phi) is 2.62. The number of H-pyrrole nitrogens is 1. The fraction of sp³-hybridized carbons (Fsp3) is 0.357. The second kappa shape index (κ2) is 4.19. The van der Waals surface area contributed by atoms with Crippen LogP contribution < -0.4 is 0 Å². The molecule has 3 heterocycles. The Morgan fingerprint density at radius 2 is 2.00 bits per heavy atom. The lowest BCUT2D eigenvalue weighted by atomic mass is 9.96. The van der Waals surface area contributed by atoms with E-state index in [1.54, 1.807) is 6.33 Å². The second-order valence-electron chi connectivity index (χ2n) is 5.18. The smallest absolute Gasteiger partial charge is 0.158 e. The third kappa shape index (κ3) is 1.73. The summed E-state index contributed by atoms with van der Waals surface area (Å²) in [6.45, 7) is 8.54. The summed E-state index contributed by atoms with van der Waals surface area (Å²) in [6, 6.07) is 0. The molecule has 0 amide bonds. The van der Waals surface area contributed by atoms with Crippen molar-refractivity contribution in [2.45, 2.75) is 33.6 Å². The third-order valence-corrected chi connectivity index (χ3v) is 3.69. The van der Waals surface area contributed by atoms with Crippen molar-refractivity contribution in [3.8, 4) is 11.3 Å². The van der Waals surface area contributed by atoms with Gasteiger partial charge >= 0.3 is 0 Å². The van der Waals surface area contributed by atoms with Crippen LogP contribution in [0.4, 0.5) is 0 Å². The van der Waals surface area contributed by atoms with E-state index in [9.17, 15) is 0 Å². The maximum absolute atomic E-state index is 4.29. The minimum absolute atomic E-state index is 0.430. The SMILES string of the molecule is Cc1c(-c2[nH]ncc2C(C)C)cn2ncnc2c1C. The zero-order chi connectivity index (χ0) is 13.6. The van der Waals surface area contributed by atoms with E-state index < -0.39 is 0 Å². The fourth-order valence-electron chi connectivity index (χ4n) is 2.40. The summed E-state index contributed by atoms with van der Waals surface area (Å²) in [5, 5.41) is 11.5. The molecule has 0 atom stereocenters. The first-order valence-corrected chi connectivity index (χ1v) is 6.42. The predicted molar refractivity (Wildman–Crippen MR) is 74.1 cm³/mol. The molecule has 3 rings (SSSR count). The van der Waals surface area contributed by atoms with Crippen molar-refractivity contribution >= 4 is 5.65 Å². The molecule has 3 aromatic heterocycles. The monoisotopic (exact) mass is 255 g/mol. The summed E-state index contributed by atoms with van der Waals surface area (Å²) in [5.74, 6) is 0.430. The molecule has 0 aliphatic carbocycles. The molecule has 19 heavy (non-hydrogen) atoms. The van der Waals surface area contributed by atoms with Crippen LogP contribution in [-0.2, 0) is 0 Å². The number of rotatable bonds is 2. The molecule has 5 heteroatoms. The Morgan fingerprint density at radius 3 is 2.74 bits per heavy atom. The van der Waals surface area contributed by atoms with Crippen LogP contribution in [0, 0.1) is 13.8 Å². The molecule has 0 unspecified atom stereocenters. The zero-order valence-electron chi connectivity index (χ0n) is 11.6. The number of pyridine rings is 1. The van der Waals surface area contributed by atoms with Crippen LogP contribution in [0.3, 0.4) is 0 Å². The van der Waals surface area contributed by atoms with Crippen LogP contribution in [0.2, 0.25) is 0 Å². The topological polar surface area (TPSA) is 58.9 Å². The van der Waals surface area contributed by atoms with Crippen molar-refractivity contribution in [2.24, 2.45) is 0 Å². The van der Waals surface area contributed by atoms with Crippen molar-refractivity contribution < 1.29 is 0 Å². The van der Waals surface area contributed by atoms with E-state index in [1.165, 1.54) is 11.1 Å². The molecule has 0 spiro atoms. The molecular weight excluding hydrogens is 238 g/mol. The van der Waals surface area contributed by atoms with Crippen molar-refractivity contribution in [3.63, 3.8) is 0 Å². The number of aryl methyl sites for hydroxylation is 1. The first-order valence-electron chi connectivity index (χ1n) is 6.42. The largest absolute Gasteiger partial charge is 0.277 e. The summed E-state index contributed by atoms with van der Waals surface area (Å²) in [7, 11) is 0. The van der Waals surface area contributed by atoms with Crippen molar-refractivity contribution in [1.29, 1.82) is 0 Å². The number of hydrogen-bond acceptors (Lipinski definition) is 3. The minimum atomic E-state index is 0.430. The average molecular weight is 255 g/mol. The molecule has 5 nitrogen and oxygen atoms in total. The Bertz CT molecular complexity index is 735. The van der Waals surface area contributed by atoms with Gasteiger partial charge in [0.15, 0.2) is 5.65 Å². The number of fused-ring (bicyclic) bond motifs is 1. The van der Waals surface area contributed by atoms with Gasteiger partial charge in [0.05, 0.1) is 11.9 Å². The molecule has 0 saturated heterocycles. The van der Waals surface area contributed by atoms with E-state index in [0.29, 0.717) is 5.92 Å². The van der Waals surface area contributed by atoms with Gasteiger partial charge < -0.3 is 0 Å². The zero-order valence-corrected chi connectivity index (χ0v) is 11.6. The number of nitrogens with zero attached hydrogens (tertiary/aromatic N) is 4. The Labute approximate surface area is 111 Å². The van der Waals surface area contributed by atoms with Crippen LogP contribution in [0.1, 0.15) is 36.5 Å². The molecule has 1 N–H and O–H groups in total. The Morgan fingerprint density at radius 1 is 1.21 bits per heavy atom. The quantitative estimate of drug-likeness (QED) is 0.766. The van der Waals surface area contributed by atoms with Crippen molar-refractivity contribution in [3.05, 3.63) is 35.4 Å². The Hall–Kier alpha value is -2.17. The van der Waals surface area contributed by atoms with Gasteiger partial charge in [-0.1, -0.05) is 13.8 Å². The van der Waals surface area contributed by atoms with Crippen LogP contribution in [0.25, 0.3) is 16.9 Å². The second-order valence-corrected chi connectivity index (χ2v) is 5.18. The summed E-state index contributed by atoms with van der Waals surface area (Å²) < 4.78 is 1.82. The summed E-state index contributed by atoms with van der Waals surface area (Å²) in [4.78, 5) is 4.29. The van der Waals surface area contributed by atoms with Gasteiger partial charge in [0.1, 0.15) is 6.33 Å². The van der Waals surface area contributed by atoms with Gasteiger partial charge in [0.25, 0.3) is 0 Å². The highest BCUT2D eigenvalue weighted by atomic mass is 15.3. The van der Waals surface area contributed by atoms with Gasteiger partial charge in [-0.2, -0.15) is 10.2 Å². The number of aromatic nitrogens is 5. The molecule has 0 saturated carbocycles. The lowest BCUT2D eigenvalue weighted by Gasteiger charge is -2.11. The fourth-order valence-corrected chi connectivity index (χ4v) is 2.40. The van der Waals surface area contributed by atoms with E-state index in [-0.39, 0.29) is 0 Å². The lowest BCUT2D eigenvalue weighted by molar-refractivity contribution is 0.868. The van der Waals surface area contributed by atoms with Gasteiger partial charge in [-0.05, 0) is 30.9 Å². The highest BCUT2D eigenvalue weighted by molar-refractivity contribution is 5.71. The molecular formula is C14H17N5. The van der Waals surface area contributed by atoms with E-state index >= 15 is 0 Å². The van der Waals surface area contributed by atoms with Crippen LogP contribution in [0.5, 0.6) is 0 Å². The summed E-state index contributed by atoms with van der Waals surface area (Å²) >= 11 is 0. The van der Waals surface area contributed by atoms with E-state index in [4.69, 9.17) is 0 Å². The standard InChI is InChI=1S/C14H17N5/c1-8(2)11-5-16-18-13(11)12-6-19-14(15-7-17-19)10(4)9(12)3/h5-8H,1-4H3,(H,16,18). The van der Waals surface area contributed by atoms with Crippen LogP contribution >= 0.6 is 0 Å². The number of hydrogen-bond donors (Lipinski definition) is 1.